The first kappa shape index (κ1) is 28.5. The fraction of sp³-hybridized carbons (Fsp3) is 0.344. The minimum absolute atomic E-state index is 0.258. The molecule has 0 saturated carbocycles. The van der Waals surface area contributed by atoms with E-state index in [9.17, 15) is 14.7 Å². The van der Waals surface area contributed by atoms with Gasteiger partial charge in [-0.25, -0.2) is 14.4 Å². The number of carbonyl (C=O) groups is 1. The Hall–Kier alpha value is -3.66. The van der Waals surface area contributed by atoms with Gasteiger partial charge in [-0.05, 0) is 61.9 Å². The van der Waals surface area contributed by atoms with Crippen LogP contribution in [0.5, 0.6) is 5.88 Å². The molecule has 2 aromatic carbocycles. The molecule has 1 saturated heterocycles. The van der Waals surface area contributed by atoms with Crippen molar-refractivity contribution >= 4 is 56.6 Å². The lowest BCUT2D eigenvalue weighted by Crippen LogP contribution is -2.37. The minimum atomic E-state index is -0.384. The largest absolute Gasteiger partial charge is 0.494 e. The lowest BCUT2D eigenvalue weighted by atomic mass is 9.88. The van der Waals surface area contributed by atoms with Gasteiger partial charge in [0, 0.05) is 40.0 Å². The Balaban J connectivity index is 1.54. The molecule has 4 aromatic rings. The number of pyridine rings is 1. The fourth-order valence-electron chi connectivity index (χ4n) is 5.82. The lowest BCUT2D eigenvalue weighted by Gasteiger charge is -2.31. The van der Waals surface area contributed by atoms with E-state index in [0.29, 0.717) is 69.8 Å². The van der Waals surface area contributed by atoms with Gasteiger partial charge in [-0.15, -0.1) is 11.3 Å². The summed E-state index contributed by atoms with van der Waals surface area (Å²) in [5.41, 5.74) is 2.75. The Labute approximate surface area is 252 Å². The topological polar surface area (TPSA) is 93.4 Å². The molecular weight excluding hydrogens is 574 g/mol. The molecule has 10 heteroatoms. The van der Waals surface area contributed by atoms with Crippen LogP contribution < -0.4 is 10.5 Å². The van der Waals surface area contributed by atoms with E-state index in [1.165, 1.54) is 15.9 Å². The smallest absolute Gasteiger partial charge is 0.341 e. The van der Waals surface area contributed by atoms with Crippen molar-refractivity contribution in [2.75, 3.05) is 37.8 Å². The number of aromatic hydroxyl groups is 1. The first-order valence-electron chi connectivity index (χ1n) is 14.2. The number of benzene rings is 2. The van der Waals surface area contributed by atoms with Crippen molar-refractivity contribution in [2.45, 2.75) is 33.1 Å². The SMILES string of the molecule is CCOC(=O)c1c(N=Cc2c(O)n(-c3cc(Cl)ccc3N3CCOCC3)c(=O)c3ccccc23)sc2c1CCC(C)C2. The zero-order valence-corrected chi connectivity index (χ0v) is 25.1. The summed E-state index contributed by atoms with van der Waals surface area (Å²) in [4.78, 5) is 35.0. The van der Waals surface area contributed by atoms with Crippen LogP contribution in [0.4, 0.5) is 10.7 Å². The van der Waals surface area contributed by atoms with Gasteiger partial charge in [-0.3, -0.25) is 4.79 Å². The van der Waals surface area contributed by atoms with Crippen LogP contribution in [-0.2, 0) is 22.3 Å². The number of hydrogen-bond donors (Lipinski definition) is 1. The van der Waals surface area contributed by atoms with E-state index < -0.39 is 0 Å². The average Bonchev–Trinajstić information content (AvgIpc) is 3.35. The molecule has 3 heterocycles. The van der Waals surface area contributed by atoms with E-state index in [1.807, 2.05) is 12.1 Å². The Morgan fingerprint density at radius 2 is 1.95 bits per heavy atom. The third kappa shape index (κ3) is 5.21. The number of morpholine rings is 1. The van der Waals surface area contributed by atoms with Crippen molar-refractivity contribution in [3.63, 3.8) is 0 Å². The molecule has 6 rings (SSSR count). The third-order valence-corrected chi connectivity index (χ3v) is 9.31. The highest BCUT2D eigenvalue weighted by atomic mass is 35.5. The van der Waals surface area contributed by atoms with Crippen molar-refractivity contribution < 1.29 is 19.4 Å². The molecule has 42 heavy (non-hydrogen) atoms. The highest BCUT2D eigenvalue weighted by molar-refractivity contribution is 7.16. The van der Waals surface area contributed by atoms with Gasteiger partial charge in [0.1, 0.15) is 5.00 Å². The lowest BCUT2D eigenvalue weighted by molar-refractivity contribution is 0.0526. The van der Waals surface area contributed by atoms with Crippen LogP contribution in [0, 0.1) is 5.92 Å². The summed E-state index contributed by atoms with van der Waals surface area (Å²) in [6.45, 7) is 6.68. The van der Waals surface area contributed by atoms with Crippen LogP contribution >= 0.6 is 22.9 Å². The van der Waals surface area contributed by atoms with E-state index in [4.69, 9.17) is 26.1 Å². The standard InChI is InChI=1S/C32H32ClN3O5S/c1-3-41-32(39)28-23-10-8-19(2)16-27(23)42-29(28)34-18-24-21-6-4-5-7-22(21)30(37)36(31(24)38)26-17-20(33)9-11-25(26)35-12-14-40-15-13-35/h4-7,9,11,17-19,38H,3,8,10,12-16H2,1-2H3. The number of aliphatic imine (C=N–C) groups is 1. The maximum absolute atomic E-state index is 13.9. The predicted octanol–water partition coefficient (Wildman–Crippen LogP) is 6.30. The molecule has 1 N–H and O–H groups in total. The molecule has 1 aliphatic heterocycles. The summed E-state index contributed by atoms with van der Waals surface area (Å²) < 4.78 is 12.2. The van der Waals surface area contributed by atoms with Crippen LogP contribution in [0.1, 0.15) is 46.6 Å². The summed E-state index contributed by atoms with van der Waals surface area (Å²) in [7, 11) is 0. The molecule has 1 aliphatic carbocycles. The number of hydrogen-bond acceptors (Lipinski definition) is 8. The van der Waals surface area contributed by atoms with Crippen LogP contribution in [0.15, 0.2) is 52.3 Å². The summed E-state index contributed by atoms with van der Waals surface area (Å²) in [5, 5.41) is 13.7. The van der Waals surface area contributed by atoms with E-state index in [-0.39, 0.29) is 24.0 Å². The Morgan fingerprint density at radius 3 is 2.71 bits per heavy atom. The average molecular weight is 606 g/mol. The fourth-order valence-corrected chi connectivity index (χ4v) is 7.33. The summed E-state index contributed by atoms with van der Waals surface area (Å²) in [6.07, 6.45) is 4.24. The Kier molecular flexibility index (Phi) is 8.07. The van der Waals surface area contributed by atoms with Gasteiger partial charge in [-0.1, -0.05) is 36.7 Å². The first-order valence-corrected chi connectivity index (χ1v) is 15.4. The first-order chi connectivity index (χ1) is 20.4. The normalized spacial score (nSPS) is 17.1. The molecule has 2 aliphatic rings. The molecular formula is C32H32ClN3O5S. The van der Waals surface area contributed by atoms with Gasteiger partial charge in [0.25, 0.3) is 5.56 Å². The molecule has 218 valence electrons. The summed E-state index contributed by atoms with van der Waals surface area (Å²) >= 11 is 7.93. The van der Waals surface area contributed by atoms with Gasteiger partial charge in [0.15, 0.2) is 0 Å². The summed E-state index contributed by atoms with van der Waals surface area (Å²) in [6, 6.07) is 12.5. The molecule has 8 nitrogen and oxygen atoms in total. The highest BCUT2D eigenvalue weighted by Gasteiger charge is 2.29. The molecule has 0 amide bonds. The molecule has 0 bridgehead atoms. The quantitative estimate of drug-likeness (QED) is 0.205. The number of halogens is 1. The second-order valence-electron chi connectivity index (χ2n) is 10.7. The molecule has 0 radical (unpaired) electrons. The van der Waals surface area contributed by atoms with Gasteiger partial charge >= 0.3 is 5.97 Å². The van der Waals surface area contributed by atoms with Crippen LogP contribution in [0.3, 0.4) is 0 Å². The molecule has 2 aromatic heterocycles. The number of thiophene rings is 1. The number of esters is 1. The van der Waals surface area contributed by atoms with Crippen LogP contribution in [0.25, 0.3) is 16.5 Å². The van der Waals surface area contributed by atoms with Crippen molar-refractivity contribution in [2.24, 2.45) is 10.9 Å². The monoisotopic (exact) mass is 605 g/mol. The number of nitrogens with zero attached hydrogens (tertiary/aromatic N) is 3. The van der Waals surface area contributed by atoms with Crippen molar-refractivity contribution in [3.05, 3.63) is 79.4 Å². The van der Waals surface area contributed by atoms with Crippen molar-refractivity contribution in [3.8, 4) is 11.6 Å². The maximum atomic E-state index is 13.9. The number of aromatic nitrogens is 1. The maximum Gasteiger partial charge on any atom is 0.341 e. The van der Waals surface area contributed by atoms with Crippen molar-refractivity contribution in [1.29, 1.82) is 0 Å². The van der Waals surface area contributed by atoms with Crippen molar-refractivity contribution in [1.82, 2.24) is 4.57 Å². The third-order valence-electron chi connectivity index (χ3n) is 7.92. The molecule has 1 atom stereocenters. The molecule has 1 fully saturated rings. The van der Waals surface area contributed by atoms with Crippen LogP contribution in [-0.4, -0.2) is 54.8 Å². The predicted molar refractivity (Wildman–Crippen MR) is 168 cm³/mol. The van der Waals surface area contributed by atoms with E-state index >= 15 is 0 Å². The van der Waals surface area contributed by atoms with E-state index in [1.54, 1.807) is 43.5 Å². The zero-order valence-electron chi connectivity index (χ0n) is 23.6. The zero-order chi connectivity index (χ0) is 29.4. The number of anilines is 1. The van der Waals surface area contributed by atoms with Gasteiger partial charge in [0.05, 0.1) is 42.3 Å². The van der Waals surface area contributed by atoms with Crippen LogP contribution in [0.2, 0.25) is 5.02 Å². The van der Waals surface area contributed by atoms with Gasteiger partial charge < -0.3 is 19.5 Å². The number of ether oxygens (including phenoxy) is 2. The Morgan fingerprint density at radius 1 is 1.19 bits per heavy atom. The number of fused-ring (bicyclic) bond motifs is 2. The Bertz CT molecular complexity index is 1760. The van der Waals surface area contributed by atoms with E-state index in [2.05, 4.69) is 11.8 Å². The molecule has 0 spiro atoms. The second kappa shape index (κ2) is 11.9. The van der Waals surface area contributed by atoms with Gasteiger partial charge in [-0.2, -0.15) is 0 Å². The second-order valence-corrected chi connectivity index (χ2v) is 12.2. The minimum Gasteiger partial charge on any atom is -0.494 e. The number of carbonyl (C=O) groups excluding carboxylic acids is 1. The van der Waals surface area contributed by atoms with E-state index in [0.717, 1.165) is 35.4 Å². The number of rotatable bonds is 6. The summed E-state index contributed by atoms with van der Waals surface area (Å²) in [5.74, 6) is -0.116. The van der Waals surface area contributed by atoms with Gasteiger partial charge in [0.2, 0.25) is 5.88 Å². The highest BCUT2D eigenvalue weighted by Crippen LogP contribution is 2.42. The molecule has 1 unspecified atom stereocenters.